The summed E-state index contributed by atoms with van der Waals surface area (Å²) in [6.07, 6.45) is 2.59. The van der Waals surface area contributed by atoms with Crippen LogP contribution in [0.4, 0.5) is 0 Å². The molecule has 4 nitrogen and oxygen atoms in total. The van der Waals surface area contributed by atoms with Crippen molar-refractivity contribution in [2.24, 2.45) is 5.84 Å². The largest absolute Gasteiger partial charge is 0.271 e. The van der Waals surface area contributed by atoms with Gasteiger partial charge in [-0.15, -0.1) is 5.10 Å². The van der Waals surface area contributed by atoms with Gasteiger partial charge in [-0.2, -0.15) is 0 Å². The molecule has 0 aliphatic carbocycles. The lowest BCUT2D eigenvalue weighted by atomic mass is 9.98. The van der Waals surface area contributed by atoms with Crippen molar-refractivity contribution in [3.63, 3.8) is 0 Å². The van der Waals surface area contributed by atoms with Crippen LogP contribution in [0.5, 0.6) is 0 Å². The number of hydrazine groups is 1. The van der Waals surface area contributed by atoms with Gasteiger partial charge >= 0.3 is 0 Å². The molecular formula is C14H14N4S. The molecule has 5 heteroatoms. The van der Waals surface area contributed by atoms with Crippen LogP contribution in [0.25, 0.3) is 10.8 Å². The molecule has 0 amide bonds. The molecule has 0 aliphatic rings. The zero-order chi connectivity index (χ0) is 13.1. The van der Waals surface area contributed by atoms with Crippen LogP contribution in [0.3, 0.4) is 0 Å². The standard InChI is InChI=1S/C14H14N4S/c15-17-13(14-9-16-18-19-14)8-11-6-3-5-10-4-1-2-7-12(10)11/h1-7,9,13,17H,8,15H2. The molecule has 0 saturated carbocycles. The van der Waals surface area contributed by atoms with E-state index in [1.807, 2.05) is 0 Å². The first-order valence-electron chi connectivity index (χ1n) is 6.08. The fraction of sp³-hybridized carbons (Fsp3) is 0.143. The van der Waals surface area contributed by atoms with E-state index in [2.05, 4.69) is 57.5 Å². The molecule has 0 radical (unpaired) electrons. The van der Waals surface area contributed by atoms with E-state index < -0.39 is 0 Å². The first-order chi connectivity index (χ1) is 9.38. The van der Waals surface area contributed by atoms with Gasteiger partial charge in [0.05, 0.1) is 17.1 Å². The molecule has 3 rings (SSSR count). The average molecular weight is 270 g/mol. The third kappa shape index (κ3) is 2.49. The summed E-state index contributed by atoms with van der Waals surface area (Å²) in [5.74, 6) is 5.66. The number of nitrogens with zero attached hydrogens (tertiary/aromatic N) is 2. The second-order valence-corrected chi connectivity index (χ2v) is 5.20. The smallest absolute Gasteiger partial charge is 0.0670 e. The summed E-state index contributed by atoms with van der Waals surface area (Å²) in [6.45, 7) is 0. The Kier molecular flexibility index (Phi) is 3.50. The fourth-order valence-corrected chi connectivity index (χ4v) is 2.82. The molecule has 1 atom stereocenters. The molecule has 0 aliphatic heterocycles. The zero-order valence-electron chi connectivity index (χ0n) is 10.3. The maximum Gasteiger partial charge on any atom is 0.0670 e. The molecule has 96 valence electrons. The van der Waals surface area contributed by atoms with E-state index in [0.717, 1.165) is 11.3 Å². The number of fused-ring (bicyclic) bond motifs is 1. The van der Waals surface area contributed by atoms with Gasteiger partial charge < -0.3 is 0 Å². The molecule has 0 bridgehead atoms. The van der Waals surface area contributed by atoms with E-state index in [4.69, 9.17) is 5.84 Å². The molecule has 0 saturated heterocycles. The monoisotopic (exact) mass is 270 g/mol. The van der Waals surface area contributed by atoms with Crippen molar-refractivity contribution in [2.75, 3.05) is 0 Å². The molecule has 0 fully saturated rings. The second kappa shape index (κ2) is 5.44. The van der Waals surface area contributed by atoms with Crippen LogP contribution >= 0.6 is 11.5 Å². The Labute approximate surface area is 115 Å². The summed E-state index contributed by atoms with van der Waals surface area (Å²) < 4.78 is 3.89. The van der Waals surface area contributed by atoms with Crippen LogP contribution in [-0.2, 0) is 6.42 Å². The van der Waals surface area contributed by atoms with Crippen molar-refractivity contribution in [1.29, 1.82) is 0 Å². The first-order valence-corrected chi connectivity index (χ1v) is 6.86. The normalized spacial score (nSPS) is 12.7. The van der Waals surface area contributed by atoms with Gasteiger partial charge in [-0.05, 0) is 34.3 Å². The van der Waals surface area contributed by atoms with Crippen molar-refractivity contribution in [1.82, 2.24) is 15.0 Å². The highest BCUT2D eigenvalue weighted by Gasteiger charge is 2.14. The number of nitrogens with two attached hydrogens (primary N) is 1. The number of rotatable bonds is 4. The van der Waals surface area contributed by atoms with Crippen LogP contribution in [0, 0.1) is 0 Å². The van der Waals surface area contributed by atoms with Gasteiger partial charge in [0.2, 0.25) is 0 Å². The van der Waals surface area contributed by atoms with Crippen molar-refractivity contribution in [2.45, 2.75) is 12.5 Å². The molecule has 19 heavy (non-hydrogen) atoms. The van der Waals surface area contributed by atoms with E-state index in [0.29, 0.717) is 0 Å². The Bertz CT molecular complexity index is 661. The third-order valence-electron chi connectivity index (χ3n) is 3.23. The Morgan fingerprint density at radius 2 is 2.00 bits per heavy atom. The quantitative estimate of drug-likeness (QED) is 0.564. The summed E-state index contributed by atoms with van der Waals surface area (Å²) in [5, 5.41) is 6.38. The predicted molar refractivity (Wildman–Crippen MR) is 77.6 cm³/mol. The molecule has 1 aromatic heterocycles. The minimum absolute atomic E-state index is 0.0470. The van der Waals surface area contributed by atoms with Gasteiger partial charge in [0.15, 0.2) is 0 Å². The predicted octanol–water partition coefficient (Wildman–Crippen LogP) is 2.44. The second-order valence-electron chi connectivity index (χ2n) is 4.38. The molecule has 0 spiro atoms. The van der Waals surface area contributed by atoms with Crippen LogP contribution in [0.1, 0.15) is 16.5 Å². The summed E-state index contributed by atoms with van der Waals surface area (Å²) in [6, 6.07) is 14.8. The minimum Gasteiger partial charge on any atom is -0.271 e. The molecule has 3 N–H and O–H groups in total. The number of nitrogens with one attached hydrogen (secondary N) is 1. The molecular weight excluding hydrogens is 256 g/mol. The Morgan fingerprint density at radius 1 is 1.16 bits per heavy atom. The van der Waals surface area contributed by atoms with E-state index >= 15 is 0 Å². The Hall–Kier alpha value is -1.82. The van der Waals surface area contributed by atoms with E-state index in [9.17, 15) is 0 Å². The maximum atomic E-state index is 5.66. The van der Waals surface area contributed by atoms with Gasteiger partial charge in [-0.1, -0.05) is 47.0 Å². The topological polar surface area (TPSA) is 63.8 Å². The van der Waals surface area contributed by atoms with E-state index in [1.54, 1.807) is 6.20 Å². The van der Waals surface area contributed by atoms with Gasteiger partial charge in [-0.3, -0.25) is 11.3 Å². The minimum atomic E-state index is 0.0470. The van der Waals surface area contributed by atoms with E-state index in [-0.39, 0.29) is 6.04 Å². The van der Waals surface area contributed by atoms with Crippen LogP contribution in [0.2, 0.25) is 0 Å². The van der Waals surface area contributed by atoms with E-state index in [1.165, 1.54) is 27.9 Å². The van der Waals surface area contributed by atoms with Crippen LogP contribution in [0.15, 0.2) is 48.7 Å². The van der Waals surface area contributed by atoms with Crippen molar-refractivity contribution in [3.05, 3.63) is 59.1 Å². The molecule has 1 heterocycles. The van der Waals surface area contributed by atoms with Gasteiger partial charge in [0, 0.05) is 0 Å². The number of benzene rings is 2. The van der Waals surface area contributed by atoms with Gasteiger partial charge in [-0.25, -0.2) is 0 Å². The summed E-state index contributed by atoms with van der Waals surface area (Å²) >= 11 is 1.38. The maximum absolute atomic E-state index is 5.66. The lowest BCUT2D eigenvalue weighted by Gasteiger charge is -2.14. The van der Waals surface area contributed by atoms with Crippen molar-refractivity contribution in [3.8, 4) is 0 Å². The number of hydrogen-bond donors (Lipinski definition) is 2. The summed E-state index contributed by atoms with van der Waals surface area (Å²) in [7, 11) is 0. The Morgan fingerprint density at radius 3 is 2.79 bits per heavy atom. The van der Waals surface area contributed by atoms with Crippen molar-refractivity contribution < 1.29 is 0 Å². The molecule has 2 aromatic carbocycles. The third-order valence-corrected chi connectivity index (χ3v) is 4.00. The lowest BCUT2D eigenvalue weighted by Crippen LogP contribution is -2.29. The highest BCUT2D eigenvalue weighted by molar-refractivity contribution is 7.05. The van der Waals surface area contributed by atoms with Gasteiger partial charge in [0.25, 0.3) is 0 Å². The fourth-order valence-electron chi connectivity index (χ4n) is 2.26. The number of aromatic nitrogens is 2. The highest BCUT2D eigenvalue weighted by Crippen LogP contribution is 2.25. The average Bonchev–Trinajstić information content (AvgIpc) is 2.99. The molecule has 1 unspecified atom stereocenters. The Balaban J connectivity index is 1.96. The molecule has 3 aromatic rings. The zero-order valence-corrected chi connectivity index (χ0v) is 11.1. The summed E-state index contributed by atoms with van der Waals surface area (Å²) in [5.41, 5.74) is 4.12. The van der Waals surface area contributed by atoms with Crippen molar-refractivity contribution >= 4 is 22.3 Å². The summed E-state index contributed by atoms with van der Waals surface area (Å²) in [4.78, 5) is 1.05. The highest BCUT2D eigenvalue weighted by atomic mass is 32.1. The SMILES string of the molecule is NNC(Cc1cccc2ccccc12)c1cnns1. The van der Waals surface area contributed by atoms with Gasteiger partial charge in [0.1, 0.15) is 0 Å². The number of hydrogen-bond acceptors (Lipinski definition) is 5. The van der Waals surface area contributed by atoms with Crippen LogP contribution < -0.4 is 11.3 Å². The first kappa shape index (κ1) is 12.2. The lowest BCUT2D eigenvalue weighted by molar-refractivity contribution is 0.561. The van der Waals surface area contributed by atoms with Crippen LogP contribution in [-0.4, -0.2) is 9.59 Å².